The van der Waals surface area contributed by atoms with Gasteiger partial charge in [-0.2, -0.15) is 4.98 Å². The molecule has 0 amide bonds. The molecule has 0 saturated carbocycles. The van der Waals surface area contributed by atoms with Crippen LogP contribution in [-0.2, 0) is 7.05 Å². The van der Waals surface area contributed by atoms with E-state index in [-0.39, 0.29) is 0 Å². The molecule has 1 heterocycles. The van der Waals surface area contributed by atoms with Crippen molar-refractivity contribution in [3.05, 3.63) is 40.1 Å². The Hall–Kier alpha value is -1.00. The molecule has 1 aromatic carbocycles. The van der Waals surface area contributed by atoms with E-state index in [0.717, 1.165) is 4.60 Å². The third-order valence-electron chi connectivity index (χ3n) is 1.81. The molecule has 0 aliphatic rings. The highest BCUT2D eigenvalue weighted by molar-refractivity contribution is 9.10. The monoisotopic (exact) mass is 286 g/mol. The summed E-state index contributed by atoms with van der Waals surface area (Å²) < 4.78 is 8.07. The van der Waals surface area contributed by atoms with Gasteiger partial charge in [0.2, 0.25) is 0 Å². The first-order valence-electron chi connectivity index (χ1n) is 4.27. The van der Waals surface area contributed by atoms with Gasteiger partial charge in [0.25, 0.3) is 0 Å². The van der Waals surface area contributed by atoms with Gasteiger partial charge in [0.1, 0.15) is 10.4 Å². The highest BCUT2D eigenvalue weighted by Crippen LogP contribution is 2.24. The van der Waals surface area contributed by atoms with E-state index in [0.29, 0.717) is 16.8 Å². The number of aromatic nitrogens is 2. The maximum atomic E-state index is 5.84. The highest BCUT2D eigenvalue weighted by atomic mass is 79.9. The summed E-state index contributed by atoms with van der Waals surface area (Å²) in [5.41, 5.74) is 0. The lowest BCUT2D eigenvalue weighted by atomic mass is 10.3. The second-order valence-corrected chi connectivity index (χ2v) is 4.27. The van der Waals surface area contributed by atoms with Crippen LogP contribution >= 0.6 is 27.5 Å². The van der Waals surface area contributed by atoms with Crippen molar-refractivity contribution in [1.82, 2.24) is 9.55 Å². The molecule has 0 bridgehead atoms. The van der Waals surface area contributed by atoms with E-state index in [1.165, 1.54) is 0 Å². The quantitative estimate of drug-likeness (QED) is 0.843. The fourth-order valence-corrected chi connectivity index (χ4v) is 1.78. The maximum absolute atomic E-state index is 5.84. The molecule has 2 aromatic rings. The maximum Gasteiger partial charge on any atom is 0.302 e. The molecule has 2 rings (SSSR count). The number of ether oxygens (including phenoxy) is 1. The molecule has 15 heavy (non-hydrogen) atoms. The molecular formula is C10H8BrClN2O. The van der Waals surface area contributed by atoms with Crippen molar-refractivity contribution >= 4 is 27.5 Å². The molecule has 0 atom stereocenters. The summed E-state index contributed by atoms with van der Waals surface area (Å²) >= 11 is 9.11. The van der Waals surface area contributed by atoms with Crippen LogP contribution in [0.4, 0.5) is 0 Å². The zero-order chi connectivity index (χ0) is 10.8. The second kappa shape index (κ2) is 4.24. The van der Waals surface area contributed by atoms with E-state index in [1.54, 1.807) is 16.7 Å². The van der Waals surface area contributed by atoms with Gasteiger partial charge in [0.05, 0.1) is 0 Å². The van der Waals surface area contributed by atoms with Crippen LogP contribution in [0.3, 0.4) is 0 Å². The van der Waals surface area contributed by atoms with E-state index < -0.39 is 0 Å². The van der Waals surface area contributed by atoms with Crippen LogP contribution < -0.4 is 4.74 Å². The van der Waals surface area contributed by atoms with Gasteiger partial charge in [-0.25, -0.2) is 0 Å². The molecule has 0 spiro atoms. The molecule has 0 N–H and O–H groups in total. The average molecular weight is 288 g/mol. The van der Waals surface area contributed by atoms with Crippen LogP contribution in [-0.4, -0.2) is 9.55 Å². The molecule has 0 radical (unpaired) electrons. The zero-order valence-electron chi connectivity index (χ0n) is 7.95. The molecule has 0 fully saturated rings. The third-order valence-corrected chi connectivity index (χ3v) is 2.43. The molecule has 3 nitrogen and oxygen atoms in total. The fourth-order valence-electron chi connectivity index (χ4n) is 1.14. The predicted molar refractivity (Wildman–Crippen MR) is 62.4 cm³/mol. The number of imidazole rings is 1. The largest absolute Gasteiger partial charge is 0.425 e. The summed E-state index contributed by atoms with van der Waals surface area (Å²) in [7, 11) is 1.86. The molecule has 0 aliphatic heterocycles. The second-order valence-electron chi connectivity index (χ2n) is 3.02. The van der Waals surface area contributed by atoms with Gasteiger partial charge < -0.3 is 9.30 Å². The highest BCUT2D eigenvalue weighted by Gasteiger charge is 2.05. The van der Waals surface area contributed by atoms with Gasteiger partial charge >= 0.3 is 6.01 Å². The normalized spacial score (nSPS) is 10.3. The van der Waals surface area contributed by atoms with Crippen molar-refractivity contribution in [2.24, 2.45) is 7.05 Å². The van der Waals surface area contributed by atoms with Crippen LogP contribution in [0.5, 0.6) is 11.8 Å². The van der Waals surface area contributed by atoms with Crippen molar-refractivity contribution in [2.45, 2.75) is 0 Å². The fraction of sp³-hybridized carbons (Fsp3) is 0.100. The number of aryl methyl sites for hydroxylation is 1. The first-order chi connectivity index (χ1) is 7.15. The minimum Gasteiger partial charge on any atom is -0.425 e. The predicted octanol–water partition coefficient (Wildman–Crippen LogP) is 3.63. The summed E-state index contributed by atoms with van der Waals surface area (Å²) in [4.78, 5) is 4.15. The van der Waals surface area contributed by atoms with Crippen molar-refractivity contribution in [1.29, 1.82) is 0 Å². The van der Waals surface area contributed by atoms with Crippen LogP contribution in [0.1, 0.15) is 0 Å². The molecule has 0 aliphatic carbocycles. The molecule has 78 valence electrons. The summed E-state index contributed by atoms with van der Waals surface area (Å²) in [6.45, 7) is 0. The summed E-state index contributed by atoms with van der Waals surface area (Å²) in [5, 5.41) is 0.640. The first kappa shape index (κ1) is 10.5. The van der Waals surface area contributed by atoms with Crippen LogP contribution in [0, 0.1) is 0 Å². The Labute approximate surface area is 101 Å². The standard InChI is InChI=1S/C10H8BrClN2O/c1-14-6-9(11)13-10(14)15-8-4-2-3-7(12)5-8/h2-6H,1H3. The van der Waals surface area contributed by atoms with Crippen molar-refractivity contribution in [3.8, 4) is 11.8 Å². The van der Waals surface area contributed by atoms with E-state index >= 15 is 0 Å². The molecule has 0 unspecified atom stereocenters. The van der Waals surface area contributed by atoms with E-state index in [9.17, 15) is 0 Å². The van der Waals surface area contributed by atoms with E-state index in [1.807, 2.05) is 25.4 Å². The number of benzene rings is 1. The summed E-state index contributed by atoms with van der Waals surface area (Å²) in [6.07, 6.45) is 1.82. The van der Waals surface area contributed by atoms with Crippen molar-refractivity contribution < 1.29 is 4.74 Å². The Balaban J connectivity index is 2.25. The minimum atomic E-state index is 0.518. The van der Waals surface area contributed by atoms with Gasteiger partial charge in [-0.05, 0) is 34.1 Å². The Bertz CT molecular complexity index is 484. The van der Waals surface area contributed by atoms with Crippen molar-refractivity contribution in [3.63, 3.8) is 0 Å². The van der Waals surface area contributed by atoms with Crippen LogP contribution in [0.2, 0.25) is 5.02 Å². The third kappa shape index (κ3) is 2.52. The smallest absolute Gasteiger partial charge is 0.302 e. The van der Waals surface area contributed by atoms with E-state index in [4.69, 9.17) is 16.3 Å². The van der Waals surface area contributed by atoms with E-state index in [2.05, 4.69) is 20.9 Å². The van der Waals surface area contributed by atoms with Gasteiger partial charge in [0, 0.05) is 18.3 Å². The van der Waals surface area contributed by atoms with Gasteiger partial charge in [0.15, 0.2) is 0 Å². The molecule has 0 saturated heterocycles. The number of halogens is 2. The lowest BCUT2D eigenvalue weighted by molar-refractivity contribution is 0.424. The topological polar surface area (TPSA) is 27.1 Å². The zero-order valence-corrected chi connectivity index (χ0v) is 10.3. The van der Waals surface area contributed by atoms with Crippen molar-refractivity contribution in [2.75, 3.05) is 0 Å². The Morgan fingerprint density at radius 2 is 2.27 bits per heavy atom. The number of rotatable bonds is 2. The number of nitrogens with zero attached hydrogens (tertiary/aromatic N) is 2. The Morgan fingerprint density at radius 3 is 2.87 bits per heavy atom. The summed E-state index contributed by atoms with van der Waals surface area (Å²) in [5.74, 6) is 0.670. The Morgan fingerprint density at radius 1 is 1.47 bits per heavy atom. The number of hydrogen-bond donors (Lipinski definition) is 0. The summed E-state index contributed by atoms with van der Waals surface area (Å²) in [6, 6.07) is 7.71. The molecule has 5 heteroatoms. The van der Waals surface area contributed by atoms with Gasteiger partial charge in [-0.3, -0.25) is 0 Å². The van der Waals surface area contributed by atoms with Crippen LogP contribution in [0.25, 0.3) is 0 Å². The minimum absolute atomic E-state index is 0.518. The molecular weight excluding hydrogens is 279 g/mol. The van der Waals surface area contributed by atoms with Gasteiger partial charge in [-0.1, -0.05) is 17.7 Å². The Kier molecular flexibility index (Phi) is 2.98. The SMILES string of the molecule is Cn1cc(Br)nc1Oc1cccc(Cl)c1. The lowest BCUT2D eigenvalue weighted by Gasteiger charge is -2.04. The van der Waals surface area contributed by atoms with Crippen LogP contribution in [0.15, 0.2) is 35.1 Å². The average Bonchev–Trinajstić information content (AvgIpc) is 2.45. The first-order valence-corrected chi connectivity index (χ1v) is 5.44. The van der Waals surface area contributed by atoms with Gasteiger partial charge in [-0.15, -0.1) is 0 Å². The molecule has 1 aromatic heterocycles. The number of hydrogen-bond acceptors (Lipinski definition) is 2. The lowest BCUT2D eigenvalue weighted by Crippen LogP contribution is -1.92.